The SMILES string of the molecule is COc1cc(-c2c3n(c4c(=O)oc5cc(OC(=O)[C@@H]6CCCN6C(=O)OC(C)(C)C)c(OC)cc5c24)CCc2c-3cc(OC)c(OC)c2OC(=O)[C@@H]2CCCN2C(=O)OC(C)(C)C)ccc1OC(=O)[C@@H]1CCCN1C(=O)OC(C)(C)C. The number of fused-ring (bicyclic) bond motifs is 7. The van der Waals surface area contributed by atoms with Crippen molar-refractivity contribution in [3.8, 4) is 62.6 Å². The zero-order valence-corrected chi connectivity index (χ0v) is 48.1. The molecule has 0 saturated carbocycles. The number of hydrogen-bond donors (Lipinski definition) is 0. The molecule has 22 heteroatoms. The number of aromatic nitrogens is 1. The van der Waals surface area contributed by atoms with Crippen LogP contribution in [-0.4, -0.2) is 138 Å². The molecular weight excluding hydrogens is 1050 g/mol. The molecule has 0 aliphatic carbocycles. The fourth-order valence-electron chi connectivity index (χ4n) is 11.0. The van der Waals surface area contributed by atoms with Gasteiger partial charge in [0.2, 0.25) is 5.75 Å². The topological polar surface area (TPSA) is 240 Å². The molecular formula is C59H70N4O18. The average molecular weight is 1120 g/mol. The first kappa shape index (κ1) is 57.5. The highest BCUT2D eigenvalue weighted by Gasteiger charge is 2.43. The van der Waals surface area contributed by atoms with Gasteiger partial charge in [-0.2, -0.15) is 0 Å². The maximum atomic E-state index is 14.8. The Bertz CT molecular complexity index is 3410. The van der Waals surface area contributed by atoms with E-state index in [0.29, 0.717) is 83.8 Å². The van der Waals surface area contributed by atoms with Crippen molar-refractivity contribution in [2.75, 3.05) is 48.1 Å². The molecule has 6 heterocycles. The first-order valence-corrected chi connectivity index (χ1v) is 27.1. The molecule has 3 aromatic carbocycles. The summed E-state index contributed by atoms with van der Waals surface area (Å²) in [4.78, 5) is 101. The van der Waals surface area contributed by atoms with Crippen LogP contribution in [0.4, 0.5) is 14.4 Å². The number of likely N-dealkylation sites (tertiary alicyclic amines) is 3. The first-order valence-electron chi connectivity index (χ1n) is 27.1. The lowest BCUT2D eigenvalue weighted by Gasteiger charge is -2.29. The van der Waals surface area contributed by atoms with Gasteiger partial charge in [0.25, 0.3) is 0 Å². The summed E-state index contributed by atoms with van der Waals surface area (Å²) in [6, 6.07) is 6.69. The van der Waals surface area contributed by atoms with Gasteiger partial charge in [-0.15, -0.1) is 0 Å². The van der Waals surface area contributed by atoms with Gasteiger partial charge in [-0.1, -0.05) is 6.07 Å². The van der Waals surface area contributed by atoms with E-state index in [1.54, 1.807) is 97.2 Å². The lowest BCUT2D eigenvalue weighted by molar-refractivity contribution is -0.140. The van der Waals surface area contributed by atoms with Crippen molar-refractivity contribution in [3.63, 3.8) is 0 Å². The highest BCUT2D eigenvalue weighted by Crippen LogP contribution is 2.54. The number of carbonyl (C=O) groups excluding carboxylic acids is 6. The van der Waals surface area contributed by atoms with Crippen LogP contribution in [0.25, 0.3) is 44.3 Å². The number of aryl methyl sites for hydroxylation is 1. The molecule has 3 amide bonds. The van der Waals surface area contributed by atoms with Gasteiger partial charge in [-0.3, -0.25) is 14.7 Å². The van der Waals surface area contributed by atoms with Crippen LogP contribution in [0, 0.1) is 0 Å². The number of amides is 3. The second kappa shape index (κ2) is 22.1. The number of esters is 3. The van der Waals surface area contributed by atoms with Crippen LogP contribution < -0.4 is 38.8 Å². The van der Waals surface area contributed by atoms with E-state index in [9.17, 15) is 33.6 Å². The van der Waals surface area contributed by atoms with Crippen molar-refractivity contribution in [3.05, 3.63) is 52.4 Å². The number of ether oxygens (including phenoxy) is 10. The summed E-state index contributed by atoms with van der Waals surface area (Å²) in [5.74, 6) is -1.68. The third kappa shape index (κ3) is 11.5. The van der Waals surface area contributed by atoms with Crippen LogP contribution in [-0.2, 0) is 41.6 Å². The third-order valence-electron chi connectivity index (χ3n) is 14.3. The summed E-state index contributed by atoms with van der Waals surface area (Å²) in [5, 5.41) is 0.717. The number of hydrogen-bond acceptors (Lipinski definition) is 18. The van der Waals surface area contributed by atoms with Crippen LogP contribution in [0.5, 0.6) is 40.2 Å². The van der Waals surface area contributed by atoms with Gasteiger partial charge < -0.3 is 56.4 Å². The molecule has 0 radical (unpaired) electrons. The standard InChI is InChI=1S/C59H70N4O18/c1-57(2,3)79-54(68)60-23-14-17-35(60)50(64)75-38-21-20-31(27-40(38)71-10)44-45-34-29-41(72-11)42(77-51(65)36-18-15-24-61(36)55(69)80-58(4,5)6)30-39(34)76-53(67)47(45)63-26-22-32-33(46(44)63)28-43(73-12)49(74-13)48(32)78-52(66)37-19-16-25-62(37)56(70)81-59(7,8)9/h20-21,27-30,35-37H,14-19,22-26H2,1-13H3/t35-,36-,37-/m0/s1. The summed E-state index contributed by atoms with van der Waals surface area (Å²) in [6.45, 7) is 16.6. The predicted molar refractivity (Wildman–Crippen MR) is 294 cm³/mol. The fourth-order valence-corrected chi connectivity index (χ4v) is 11.0. The van der Waals surface area contributed by atoms with E-state index < -0.39 is 76.7 Å². The third-order valence-corrected chi connectivity index (χ3v) is 14.3. The Labute approximate surface area is 468 Å². The van der Waals surface area contributed by atoms with Crippen LogP contribution in [0.1, 0.15) is 106 Å². The fraction of sp³-hybridized carbons (Fsp3) is 0.508. The Morgan fingerprint density at radius 1 is 0.531 bits per heavy atom. The average Bonchev–Trinajstić information content (AvgIpc) is 2.10. The van der Waals surface area contributed by atoms with Crippen LogP contribution >= 0.6 is 0 Å². The zero-order chi connectivity index (χ0) is 58.6. The molecule has 4 aliphatic heterocycles. The van der Waals surface area contributed by atoms with Crippen molar-refractivity contribution >= 4 is 58.1 Å². The first-order chi connectivity index (χ1) is 38.2. The Morgan fingerprint density at radius 3 is 1.49 bits per heavy atom. The minimum atomic E-state index is -0.983. The minimum absolute atomic E-state index is 0.00703. The van der Waals surface area contributed by atoms with Gasteiger partial charge in [0.1, 0.15) is 46.0 Å². The number of rotatable bonds is 11. The van der Waals surface area contributed by atoms with E-state index >= 15 is 0 Å². The molecule has 4 aliphatic rings. The van der Waals surface area contributed by atoms with Crippen LogP contribution in [0.15, 0.2) is 45.6 Å². The molecule has 81 heavy (non-hydrogen) atoms. The molecule has 434 valence electrons. The number of benzene rings is 3. The van der Waals surface area contributed by atoms with Crippen molar-refractivity contribution in [2.24, 2.45) is 0 Å². The Hall–Kier alpha value is -8.17. The lowest BCUT2D eigenvalue weighted by Crippen LogP contribution is -2.44. The van der Waals surface area contributed by atoms with E-state index in [-0.39, 0.29) is 77.4 Å². The zero-order valence-electron chi connectivity index (χ0n) is 48.1. The summed E-state index contributed by atoms with van der Waals surface area (Å²) in [5.41, 5.74) is -0.730. The number of nitrogens with zero attached hydrogens (tertiary/aromatic N) is 4. The maximum Gasteiger partial charge on any atom is 0.411 e. The van der Waals surface area contributed by atoms with Gasteiger partial charge in [-0.25, -0.2) is 33.6 Å². The highest BCUT2D eigenvalue weighted by atomic mass is 16.6. The molecule has 9 rings (SSSR count). The summed E-state index contributed by atoms with van der Waals surface area (Å²) < 4.78 is 66.9. The van der Waals surface area contributed by atoms with E-state index in [0.717, 1.165) is 0 Å². The van der Waals surface area contributed by atoms with E-state index in [4.69, 9.17) is 51.8 Å². The van der Waals surface area contributed by atoms with Crippen molar-refractivity contribution in [1.29, 1.82) is 0 Å². The van der Waals surface area contributed by atoms with Gasteiger partial charge in [0, 0.05) is 59.7 Å². The maximum absolute atomic E-state index is 14.8. The van der Waals surface area contributed by atoms with Crippen molar-refractivity contribution in [1.82, 2.24) is 19.3 Å². The quantitative estimate of drug-likeness (QED) is 0.0517. The molecule has 0 spiro atoms. The molecule has 2 aromatic heterocycles. The van der Waals surface area contributed by atoms with Crippen LogP contribution in [0.2, 0.25) is 0 Å². The summed E-state index contributed by atoms with van der Waals surface area (Å²) in [6.07, 6.45) is 0.833. The number of methoxy groups -OCH3 is 4. The second-order valence-corrected chi connectivity index (χ2v) is 23.3. The Balaban J connectivity index is 1.20. The van der Waals surface area contributed by atoms with Crippen molar-refractivity contribution < 1.29 is 80.6 Å². The van der Waals surface area contributed by atoms with Gasteiger partial charge in [0.15, 0.2) is 34.5 Å². The largest absolute Gasteiger partial charge is 0.493 e. The van der Waals surface area contributed by atoms with Crippen LogP contribution in [0.3, 0.4) is 0 Å². The predicted octanol–water partition coefficient (Wildman–Crippen LogP) is 9.59. The molecule has 3 saturated heterocycles. The number of carbonyl (C=O) groups is 6. The smallest absolute Gasteiger partial charge is 0.411 e. The monoisotopic (exact) mass is 1120 g/mol. The molecule has 0 N–H and O–H groups in total. The summed E-state index contributed by atoms with van der Waals surface area (Å²) >= 11 is 0. The van der Waals surface area contributed by atoms with E-state index in [2.05, 4.69) is 0 Å². The molecule has 22 nitrogen and oxygen atoms in total. The molecule has 0 bridgehead atoms. The minimum Gasteiger partial charge on any atom is -0.493 e. The molecule has 5 aromatic rings. The van der Waals surface area contributed by atoms with E-state index in [1.807, 2.05) is 0 Å². The van der Waals surface area contributed by atoms with Gasteiger partial charge in [0.05, 0.1) is 34.1 Å². The molecule has 3 atom stereocenters. The Morgan fingerprint density at radius 2 is 1.01 bits per heavy atom. The van der Waals surface area contributed by atoms with E-state index in [1.165, 1.54) is 49.2 Å². The summed E-state index contributed by atoms with van der Waals surface area (Å²) in [7, 11) is 5.64. The second-order valence-electron chi connectivity index (χ2n) is 23.3. The normalized spacial score (nSPS) is 18.0. The Kier molecular flexibility index (Phi) is 15.7. The lowest BCUT2D eigenvalue weighted by atomic mass is 9.91. The van der Waals surface area contributed by atoms with Gasteiger partial charge in [-0.05, 0) is 137 Å². The van der Waals surface area contributed by atoms with Gasteiger partial charge >= 0.3 is 41.8 Å². The van der Waals surface area contributed by atoms with Crippen molar-refractivity contribution in [2.45, 2.75) is 149 Å². The molecule has 3 fully saturated rings. The molecule has 0 unspecified atom stereocenters. The highest BCUT2D eigenvalue weighted by molar-refractivity contribution is 6.17.